The monoisotopic (exact) mass is 171 g/mol. The molecule has 0 aliphatic carbocycles. The Labute approximate surface area is 74.8 Å². The van der Waals surface area contributed by atoms with Gasteiger partial charge >= 0.3 is 0 Å². The van der Waals surface area contributed by atoms with Crippen LogP contribution in [-0.4, -0.2) is 23.0 Å². The second-order valence-corrected chi connectivity index (χ2v) is 4.55. The zero-order valence-electron chi connectivity index (χ0n) is 8.01. The first kappa shape index (κ1) is 8.98. The standard InChI is InChI=1S/C9H17NS/c1-6-7(2)10(5)8(11)9(6,3)4/h6-7H,1-5H3/t6-,7?/m1/s1. The Morgan fingerprint density at radius 1 is 1.36 bits per heavy atom. The zero-order valence-corrected chi connectivity index (χ0v) is 8.83. The summed E-state index contributed by atoms with van der Waals surface area (Å²) in [5, 5.41) is 0. The number of thiocarbonyl (C=S) groups is 1. The van der Waals surface area contributed by atoms with Gasteiger partial charge in [0.2, 0.25) is 0 Å². The van der Waals surface area contributed by atoms with Gasteiger partial charge < -0.3 is 4.90 Å². The summed E-state index contributed by atoms with van der Waals surface area (Å²) in [7, 11) is 2.10. The highest BCUT2D eigenvalue weighted by atomic mass is 32.1. The summed E-state index contributed by atoms with van der Waals surface area (Å²) < 4.78 is 0. The minimum atomic E-state index is 0.212. The lowest BCUT2D eigenvalue weighted by molar-refractivity contribution is 0.288. The third kappa shape index (κ3) is 1.08. The highest BCUT2D eigenvalue weighted by molar-refractivity contribution is 7.80. The van der Waals surface area contributed by atoms with Crippen LogP contribution in [0, 0.1) is 11.3 Å². The summed E-state index contributed by atoms with van der Waals surface area (Å²) in [6.07, 6.45) is 0. The second kappa shape index (κ2) is 2.44. The minimum Gasteiger partial charge on any atom is -0.366 e. The van der Waals surface area contributed by atoms with E-state index in [1.807, 2.05) is 0 Å². The van der Waals surface area contributed by atoms with Crippen molar-refractivity contribution in [2.45, 2.75) is 33.7 Å². The Morgan fingerprint density at radius 2 is 1.82 bits per heavy atom. The molecule has 0 N–H and O–H groups in total. The summed E-state index contributed by atoms with van der Waals surface area (Å²) in [6.45, 7) is 8.99. The third-order valence-corrected chi connectivity index (χ3v) is 4.16. The maximum absolute atomic E-state index is 5.36. The van der Waals surface area contributed by atoms with Crippen molar-refractivity contribution in [1.82, 2.24) is 4.90 Å². The average molecular weight is 171 g/mol. The fraction of sp³-hybridized carbons (Fsp3) is 0.889. The maximum atomic E-state index is 5.36. The van der Waals surface area contributed by atoms with Gasteiger partial charge in [-0.1, -0.05) is 33.0 Å². The number of likely N-dealkylation sites (tertiary alicyclic amines) is 1. The molecule has 0 saturated carbocycles. The lowest BCUT2D eigenvalue weighted by Gasteiger charge is -2.22. The second-order valence-electron chi connectivity index (χ2n) is 4.17. The first-order valence-electron chi connectivity index (χ1n) is 4.16. The molecule has 11 heavy (non-hydrogen) atoms. The van der Waals surface area contributed by atoms with Crippen LogP contribution >= 0.6 is 12.2 Å². The molecule has 0 aromatic heterocycles. The molecule has 2 atom stereocenters. The van der Waals surface area contributed by atoms with Crippen LogP contribution < -0.4 is 0 Å². The summed E-state index contributed by atoms with van der Waals surface area (Å²) in [5.74, 6) is 0.667. The van der Waals surface area contributed by atoms with Gasteiger partial charge in [0.15, 0.2) is 0 Å². The molecule has 1 aliphatic rings. The van der Waals surface area contributed by atoms with E-state index in [0.29, 0.717) is 12.0 Å². The number of rotatable bonds is 0. The molecule has 0 bridgehead atoms. The summed E-state index contributed by atoms with van der Waals surface area (Å²) in [6, 6.07) is 0.595. The summed E-state index contributed by atoms with van der Waals surface area (Å²) >= 11 is 5.36. The Kier molecular flexibility index (Phi) is 1.99. The molecule has 1 saturated heterocycles. The van der Waals surface area contributed by atoms with E-state index in [4.69, 9.17) is 12.2 Å². The molecule has 64 valence electrons. The smallest absolute Gasteiger partial charge is 0.0839 e. The molecule has 0 aromatic carbocycles. The van der Waals surface area contributed by atoms with Crippen LogP contribution in [0.5, 0.6) is 0 Å². The van der Waals surface area contributed by atoms with Gasteiger partial charge in [0.25, 0.3) is 0 Å². The van der Waals surface area contributed by atoms with E-state index in [1.165, 1.54) is 0 Å². The summed E-state index contributed by atoms with van der Waals surface area (Å²) in [4.78, 5) is 3.33. The molecule has 1 unspecified atom stereocenters. The lowest BCUT2D eigenvalue weighted by Crippen LogP contribution is -2.28. The Hall–Kier alpha value is -0.110. The Balaban J connectivity index is 2.96. The van der Waals surface area contributed by atoms with Crippen molar-refractivity contribution < 1.29 is 0 Å². The summed E-state index contributed by atoms with van der Waals surface area (Å²) in [5.41, 5.74) is 0.212. The van der Waals surface area contributed by atoms with E-state index in [2.05, 4.69) is 39.6 Å². The van der Waals surface area contributed by atoms with Gasteiger partial charge in [-0.25, -0.2) is 0 Å². The van der Waals surface area contributed by atoms with Crippen molar-refractivity contribution in [3.63, 3.8) is 0 Å². The molecular weight excluding hydrogens is 154 g/mol. The molecule has 1 fully saturated rings. The molecule has 1 nitrogen and oxygen atoms in total. The van der Waals surface area contributed by atoms with Crippen LogP contribution in [0.25, 0.3) is 0 Å². The van der Waals surface area contributed by atoms with Crippen molar-refractivity contribution in [3.05, 3.63) is 0 Å². The van der Waals surface area contributed by atoms with Gasteiger partial charge in [-0.2, -0.15) is 0 Å². The van der Waals surface area contributed by atoms with E-state index in [-0.39, 0.29) is 5.41 Å². The van der Waals surface area contributed by atoms with Crippen LogP contribution in [0.4, 0.5) is 0 Å². The average Bonchev–Trinajstić information content (AvgIpc) is 2.06. The highest BCUT2D eigenvalue weighted by Gasteiger charge is 2.44. The SMILES string of the molecule is CC1[C@@H](C)C(C)(C)C(=S)N1C. The lowest BCUT2D eigenvalue weighted by atomic mass is 9.80. The van der Waals surface area contributed by atoms with Crippen molar-refractivity contribution in [3.8, 4) is 0 Å². The molecule has 1 rings (SSSR count). The predicted octanol–water partition coefficient (Wildman–Crippen LogP) is 2.31. The van der Waals surface area contributed by atoms with Gasteiger partial charge in [0, 0.05) is 18.5 Å². The number of hydrogen-bond donors (Lipinski definition) is 0. The number of hydrogen-bond acceptors (Lipinski definition) is 1. The van der Waals surface area contributed by atoms with Crippen molar-refractivity contribution in [2.75, 3.05) is 7.05 Å². The van der Waals surface area contributed by atoms with Crippen LogP contribution in [0.2, 0.25) is 0 Å². The molecule has 2 heteroatoms. The molecular formula is C9H17NS. The van der Waals surface area contributed by atoms with E-state index in [0.717, 1.165) is 4.99 Å². The quantitative estimate of drug-likeness (QED) is 0.515. The normalized spacial score (nSPS) is 36.5. The maximum Gasteiger partial charge on any atom is 0.0839 e. The predicted molar refractivity (Wildman–Crippen MR) is 52.8 cm³/mol. The van der Waals surface area contributed by atoms with E-state index in [1.54, 1.807) is 0 Å². The molecule has 0 radical (unpaired) electrons. The van der Waals surface area contributed by atoms with Gasteiger partial charge in [0.1, 0.15) is 0 Å². The molecule has 1 heterocycles. The van der Waals surface area contributed by atoms with Crippen LogP contribution in [-0.2, 0) is 0 Å². The third-order valence-electron chi connectivity index (χ3n) is 3.34. The molecule has 1 aliphatic heterocycles. The highest BCUT2D eigenvalue weighted by Crippen LogP contribution is 2.40. The van der Waals surface area contributed by atoms with Crippen LogP contribution in [0.15, 0.2) is 0 Å². The Morgan fingerprint density at radius 3 is 1.91 bits per heavy atom. The van der Waals surface area contributed by atoms with E-state index in [9.17, 15) is 0 Å². The van der Waals surface area contributed by atoms with E-state index >= 15 is 0 Å². The van der Waals surface area contributed by atoms with Crippen molar-refractivity contribution in [2.24, 2.45) is 11.3 Å². The van der Waals surface area contributed by atoms with Crippen molar-refractivity contribution >= 4 is 17.2 Å². The first-order chi connectivity index (χ1) is 4.89. The van der Waals surface area contributed by atoms with Gasteiger partial charge in [-0.05, 0) is 12.8 Å². The molecule has 0 spiro atoms. The largest absolute Gasteiger partial charge is 0.366 e. The molecule has 0 amide bonds. The van der Waals surface area contributed by atoms with E-state index < -0.39 is 0 Å². The Bertz CT molecular complexity index is 186. The van der Waals surface area contributed by atoms with Crippen molar-refractivity contribution in [1.29, 1.82) is 0 Å². The fourth-order valence-corrected chi connectivity index (χ4v) is 2.12. The van der Waals surface area contributed by atoms with Crippen LogP contribution in [0.3, 0.4) is 0 Å². The van der Waals surface area contributed by atoms with Gasteiger partial charge in [0.05, 0.1) is 4.99 Å². The first-order valence-corrected chi connectivity index (χ1v) is 4.57. The van der Waals surface area contributed by atoms with Gasteiger partial charge in [-0.15, -0.1) is 0 Å². The van der Waals surface area contributed by atoms with Gasteiger partial charge in [-0.3, -0.25) is 0 Å². The van der Waals surface area contributed by atoms with Crippen LogP contribution in [0.1, 0.15) is 27.7 Å². The fourth-order valence-electron chi connectivity index (χ4n) is 1.77. The topological polar surface area (TPSA) is 3.24 Å². The molecule has 0 aromatic rings. The minimum absolute atomic E-state index is 0.212. The zero-order chi connectivity index (χ0) is 8.81. The number of nitrogens with zero attached hydrogens (tertiary/aromatic N) is 1.